The molecule has 17 heavy (non-hydrogen) atoms. The number of hydrogen-bond acceptors (Lipinski definition) is 3. The van der Waals surface area contributed by atoms with Crippen molar-refractivity contribution >= 4 is 21.9 Å². The first kappa shape index (κ1) is 14.2. The highest BCUT2D eigenvalue weighted by atomic mass is 79.9. The van der Waals surface area contributed by atoms with Crippen molar-refractivity contribution < 1.29 is 14.6 Å². The topological polar surface area (TPSA) is 46.5 Å². The zero-order chi connectivity index (χ0) is 12.9. The average molecular weight is 301 g/mol. The number of halogens is 1. The van der Waals surface area contributed by atoms with Crippen molar-refractivity contribution in [1.29, 1.82) is 0 Å². The van der Waals surface area contributed by atoms with Crippen molar-refractivity contribution in [3.63, 3.8) is 0 Å². The summed E-state index contributed by atoms with van der Waals surface area (Å²) in [7, 11) is 0. The van der Waals surface area contributed by atoms with Gasteiger partial charge >= 0.3 is 5.97 Å². The Labute approximate surface area is 110 Å². The first-order chi connectivity index (χ1) is 7.95. The maximum atomic E-state index is 11.2. The van der Waals surface area contributed by atoms with Crippen LogP contribution in [0.2, 0.25) is 0 Å². The molecule has 0 saturated heterocycles. The van der Waals surface area contributed by atoms with E-state index in [-0.39, 0.29) is 12.4 Å². The molecule has 1 atom stereocenters. The summed E-state index contributed by atoms with van der Waals surface area (Å²) in [5, 5.41) is 10.3. The average Bonchev–Trinajstić information content (AvgIpc) is 2.27. The van der Waals surface area contributed by atoms with Crippen LogP contribution in [-0.4, -0.2) is 17.7 Å². The van der Waals surface area contributed by atoms with Crippen LogP contribution in [0.4, 0.5) is 0 Å². The highest BCUT2D eigenvalue weighted by Gasteiger charge is 2.24. The van der Waals surface area contributed by atoms with Crippen LogP contribution in [0.5, 0.6) is 0 Å². The van der Waals surface area contributed by atoms with Gasteiger partial charge in [-0.2, -0.15) is 0 Å². The van der Waals surface area contributed by atoms with Crippen molar-refractivity contribution in [3.05, 3.63) is 34.3 Å². The monoisotopic (exact) mass is 300 g/mol. The number of hydrogen-bond donors (Lipinski definition) is 1. The SMILES string of the molecule is CCOC(=O)CCC(C)(O)c1cccc(Br)c1. The number of rotatable bonds is 5. The zero-order valence-electron chi connectivity index (χ0n) is 10.1. The summed E-state index contributed by atoms with van der Waals surface area (Å²) in [6.07, 6.45) is 0.565. The number of esters is 1. The molecular formula is C13H17BrO3. The second-order valence-electron chi connectivity index (χ2n) is 4.09. The number of aliphatic hydroxyl groups is 1. The highest BCUT2D eigenvalue weighted by molar-refractivity contribution is 9.10. The van der Waals surface area contributed by atoms with Crippen LogP contribution in [0, 0.1) is 0 Å². The molecule has 3 nitrogen and oxygen atoms in total. The molecule has 0 amide bonds. The molecule has 0 radical (unpaired) electrons. The summed E-state index contributed by atoms with van der Waals surface area (Å²) in [6, 6.07) is 7.45. The lowest BCUT2D eigenvalue weighted by atomic mass is 9.91. The Bertz CT molecular complexity index is 388. The summed E-state index contributed by atoms with van der Waals surface area (Å²) in [5.74, 6) is -0.275. The lowest BCUT2D eigenvalue weighted by molar-refractivity contribution is -0.144. The molecular weight excluding hydrogens is 284 g/mol. The molecule has 4 heteroatoms. The zero-order valence-corrected chi connectivity index (χ0v) is 11.7. The largest absolute Gasteiger partial charge is 0.466 e. The van der Waals surface area contributed by atoms with Gasteiger partial charge in [-0.05, 0) is 38.0 Å². The molecule has 0 saturated carbocycles. The predicted octanol–water partition coefficient (Wildman–Crippen LogP) is 3.00. The first-order valence-electron chi connectivity index (χ1n) is 5.60. The van der Waals surface area contributed by atoms with E-state index in [1.54, 1.807) is 13.8 Å². The molecule has 0 bridgehead atoms. The fraction of sp³-hybridized carbons (Fsp3) is 0.462. The van der Waals surface area contributed by atoms with Crippen LogP contribution < -0.4 is 0 Å². The van der Waals surface area contributed by atoms with E-state index in [1.165, 1.54) is 0 Å². The molecule has 1 unspecified atom stereocenters. The van der Waals surface area contributed by atoms with Gasteiger partial charge in [0.05, 0.1) is 12.2 Å². The van der Waals surface area contributed by atoms with E-state index in [4.69, 9.17) is 4.74 Å². The van der Waals surface area contributed by atoms with Gasteiger partial charge in [-0.3, -0.25) is 4.79 Å². The van der Waals surface area contributed by atoms with Gasteiger partial charge in [0.1, 0.15) is 0 Å². The minimum absolute atomic E-state index is 0.216. The number of benzene rings is 1. The number of ether oxygens (including phenoxy) is 1. The molecule has 0 aromatic heterocycles. The minimum atomic E-state index is -1.02. The molecule has 94 valence electrons. The van der Waals surface area contributed by atoms with E-state index >= 15 is 0 Å². The Hall–Kier alpha value is -0.870. The van der Waals surface area contributed by atoms with Crippen LogP contribution in [0.15, 0.2) is 28.7 Å². The van der Waals surface area contributed by atoms with Gasteiger partial charge in [-0.1, -0.05) is 28.1 Å². The maximum Gasteiger partial charge on any atom is 0.305 e. The van der Waals surface area contributed by atoms with Crippen LogP contribution >= 0.6 is 15.9 Å². The van der Waals surface area contributed by atoms with Crippen molar-refractivity contribution in [2.75, 3.05) is 6.61 Å². The molecule has 0 fully saturated rings. The third-order valence-electron chi connectivity index (χ3n) is 2.57. The van der Waals surface area contributed by atoms with E-state index in [0.29, 0.717) is 13.0 Å². The number of carbonyl (C=O) groups excluding carboxylic acids is 1. The first-order valence-corrected chi connectivity index (χ1v) is 6.39. The predicted molar refractivity (Wildman–Crippen MR) is 69.6 cm³/mol. The molecule has 0 aliphatic heterocycles. The maximum absolute atomic E-state index is 11.2. The van der Waals surface area contributed by atoms with E-state index in [2.05, 4.69) is 15.9 Å². The van der Waals surface area contributed by atoms with Gasteiger partial charge in [0.2, 0.25) is 0 Å². The van der Waals surface area contributed by atoms with Crippen LogP contribution in [0.25, 0.3) is 0 Å². The standard InChI is InChI=1S/C13H17BrO3/c1-3-17-12(15)7-8-13(2,16)10-5-4-6-11(14)9-10/h4-6,9,16H,3,7-8H2,1-2H3. The summed E-state index contributed by atoms with van der Waals surface area (Å²) in [6.45, 7) is 3.84. The lowest BCUT2D eigenvalue weighted by Gasteiger charge is -2.23. The van der Waals surface area contributed by atoms with E-state index < -0.39 is 5.60 Å². The fourth-order valence-electron chi connectivity index (χ4n) is 1.55. The number of carbonyl (C=O) groups is 1. The second kappa shape index (κ2) is 6.17. The fourth-order valence-corrected chi connectivity index (χ4v) is 1.95. The van der Waals surface area contributed by atoms with Crippen molar-refractivity contribution in [1.82, 2.24) is 0 Å². The Kier molecular flexibility index (Phi) is 5.15. The van der Waals surface area contributed by atoms with Crippen molar-refractivity contribution in [3.8, 4) is 0 Å². The van der Waals surface area contributed by atoms with Crippen LogP contribution in [-0.2, 0) is 15.1 Å². The normalized spacial score (nSPS) is 14.1. The molecule has 1 rings (SSSR count). The lowest BCUT2D eigenvalue weighted by Crippen LogP contribution is -2.22. The highest BCUT2D eigenvalue weighted by Crippen LogP contribution is 2.28. The third-order valence-corrected chi connectivity index (χ3v) is 3.06. The molecule has 1 aromatic rings. The summed E-state index contributed by atoms with van der Waals surface area (Å²) in [4.78, 5) is 11.2. The van der Waals surface area contributed by atoms with Gasteiger partial charge < -0.3 is 9.84 Å². The molecule has 1 aromatic carbocycles. The smallest absolute Gasteiger partial charge is 0.305 e. The molecule has 1 N–H and O–H groups in total. The quantitative estimate of drug-likeness (QED) is 0.850. The summed E-state index contributed by atoms with van der Waals surface area (Å²) < 4.78 is 5.75. The Morgan fingerprint density at radius 2 is 2.24 bits per heavy atom. The third kappa shape index (κ3) is 4.48. The molecule has 0 spiro atoms. The summed E-state index contributed by atoms with van der Waals surface area (Å²) in [5.41, 5.74) is -0.229. The van der Waals surface area contributed by atoms with Gasteiger partial charge in [0.15, 0.2) is 0 Å². The van der Waals surface area contributed by atoms with Gasteiger partial charge in [-0.25, -0.2) is 0 Å². The second-order valence-corrected chi connectivity index (χ2v) is 5.00. The van der Waals surface area contributed by atoms with Crippen molar-refractivity contribution in [2.45, 2.75) is 32.3 Å². The van der Waals surface area contributed by atoms with E-state index in [1.807, 2.05) is 24.3 Å². The molecule has 0 aliphatic carbocycles. The van der Waals surface area contributed by atoms with E-state index in [9.17, 15) is 9.90 Å². The summed E-state index contributed by atoms with van der Waals surface area (Å²) >= 11 is 3.36. The molecule has 0 aliphatic rings. The molecule has 0 heterocycles. The Morgan fingerprint density at radius 3 is 2.82 bits per heavy atom. The Balaban J connectivity index is 2.65. The van der Waals surface area contributed by atoms with E-state index in [0.717, 1.165) is 10.0 Å². The van der Waals surface area contributed by atoms with Gasteiger partial charge in [-0.15, -0.1) is 0 Å². The van der Waals surface area contributed by atoms with Crippen molar-refractivity contribution in [2.24, 2.45) is 0 Å². The Morgan fingerprint density at radius 1 is 1.53 bits per heavy atom. The minimum Gasteiger partial charge on any atom is -0.466 e. The van der Waals surface area contributed by atoms with Crippen LogP contribution in [0.1, 0.15) is 32.3 Å². The van der Waals surface area contributed by atoms with Gasteiger partial charge in [0, 0.05) is 10.9 Å². The van der Waals surface area contributed by atoms with Gasteiger partial charge in [0.25, 0.3) is 0 Å². The van der Waals surface area contributed by atoms with Crippen LogP contribution in [0.3, 0.4) is 0 Å².